The summed E-state index contributed by atoms with van der Waals surface area (Å²) in [4.78, 5) is 14.8. The summed E-state index contributed by atoms with van der Waals surface area (Å²) in [7, 11) is 0. The highest BCUT2D eigenvalue weighted by molar-refractivity contribution is 7.99. The van der Waals surface area contributed by atoms with Crippen LogP contribution < -0.4 is 0 Å². The van der Waals surface area contributed by atoms with Crippen LogP contribution in [0.5, 0.6) is 0 Å². The SMILES string of the molecule is CCOC(=O)c1nn(-c2cccc(SC)c2)c2c1CSc1ccccc1-2. The fraction of sp³-hybridized carbons (Fsp3) is 0.200. The zero-order valence-corrected chi connectivity index (χ0v) is 16.2. The van der Waals surface area contributed by atoms with Crippen LogP contribution in [0.2, 0.25) is 0 Å². The van der Waals surface area contributed by atoms with Crippen molar-refractivity contribution < 1.29 is 9.53 Å². The number of carbonyl (C=O) groups excluding carboxylic acids is 1. The van der Waals surface area contributed by atoms with Crippen LogP contribution in [0.25, 0.3) is 16.9 Å². The van der Waals surface area contributed by atoms with Gasteiger partial charge in [0.15, 0.2) is 5.69 Å². The molecule has 4 nitrogen and oxygen atoms in total. The first-order valence-corrected chi connectivity index (χ1v) is 10.6. The summed E-state index contributed by atoms with van der Waals surface area (Å²) >= 11 is 3.42. The Morgan fingerprint density at radius 2 is 2.12 bits per heavy atom. The Balaban J connectivity index is 1.96. The zero-order chi connectivity index (χ0) is 18.1. The molecule has 0 saturated carbocycles. The van der Waals surface area contributed by atoms with Gasteiger partial charge < -0.3 is 4.74 Å². The molecule has 0 unspecified atom stereocenters. The van der Waals surface area contributed by atoms with E-state index in [4.69, 9.17) is 4.74 Å². The van der Waals surface area contributed by atoms with Gasteiger partial charge in [-0.1, -0.05) is 24.3 Å². The molecule has 0 bridgehead atoms. The number of carbonyl (C=O) groups is 1. The molecular formula is C20H18N2O2S2. The van der Waals surface area contributed by atoms with Gasteiger partial charge in [-0.05, 0) is 37.4 Å². The zero-order valence-electron chi connectivity index (χ0n) is 14.6. The van der Waals surface area contributed by atoms with Crippen LogP contribution in [0.4, 0.5) is 0 Å². The highest BCUT2D eigenvalue weighted by Gasteiger charge is 2.29. The van der Waals surface area contributed by atoms with E-state index < -0.39 is 0 Å². The van der Waals surface area contributed by atoms with Crippen molar-refractivity contribution in [3.8, 4) is 16.9 Å². The van der Waals surface area contributed by atoms with E-state index in [0.29, 0.717) is 18.1 Å². The Kier molecular flexibility index (Phi) is 4.78. The maximum absolute atomic E-state index is 12.5. The average molecular weight is 383 g/mol. The summed E-state index contributed by atoms with van der Waals surface area (Å²) in [6.07, 6.45) is 2.05. The van der Waals surface area contributed by atoms with Crippen LogP contribution in [0.1, 0.15) is 23.0 Å². The third-order valence-electron chi connectivity index (χ3n) is 4.26. The van der Waals surface area contributed by atoms with Crippen molar-refractivity contribution in [1.29, 1.82) is 0 Å². The minimum atomic E-state index is -0.358. The van der Waals surface area contributed by atoms with E-state index in [-0.39, 0.29) is 5.97 Å². The van der Waals surface area contributed by atoms with Crippen molar-refractivity contribution in [3.63, 3.8) is 0 Å². The molecule has 0 saturated heterocycles. The van der Waals surface area contributed by atoms with E-state index in [9.17, 15) is 4.79 Å². The Morgan fingerprint density at radius 1 is 1.27 bits per heavy atom. The Hall–Kier alpha value is -2.18. The summed E-state index contributed by atoms with van der Waals surface area (Å²) in [6.45, 7) is 2.15. The second kappa shape index (κ2) is 7.21. The van der Waals surface area contributed by atoms with E-state index >= 15 is 0 Å². The van der Waals surface area contributed by atoms with Gasteiger partial charge in [-0.3, -0.25) is 0 Å². The predicted octanol–water partition coefficient (Wildman–Crippen LogP) is 5.04. The number of hydrogen-bond donors (Lipinski definition) is 0. The normalized spacial score (nSPS) is 12.4. The third-order valence-corrected chi connectivity index (χ3v) is 6.09. The van der Waals surface area contributed by atoms with Crippen LogP contribution in [-0.4, -0.2) is 28.6 Å². The lowest BCUT2D eigenvalue weighted by Gasteiger charge is -2.18. The lowest BCUT2D eigenvalue weighted by Crippen LogP contribution is -2.08. The maximum atomic E-state index is 12.5. The summed E-state index contributed by atoms with van der Waals surface area (Å²) in [5, 5.41) is 4.67. The summed E-state index contributed by atoms with van der Waals surface area (Å²) in [5.41, 5.74) is 4.41. The number of aromatic nitrogens is 2. The Morgan fingerprint density at radius 3 is 2.92 bits per heavy atom. The average Bonchev–Trinajstić information content (AvgIpc) is 3.08. The highest BCUT2D eigenvalue weighted by Crippen LogP contribution is 2.43. The first-order chi connectivity index (χ1) is 12.7. The standard InChI is InChI=1S/C20H18N2O2S2/c1-3-24-20(23)18-16-12-26-17-10-5-4-9-15(17)19(16)22(21-18)13-7-6-8-14(11-13)25-2/h4-11H,3,12H2,1-2H3. The Labute approximate surface area is 160 Å². The van der Waals surface area contributed by atoms with E-state index in [2.05, 4.69) is 29.4 Å². The molecule has 2 heterocycles. The molecule has 2 aromatic carbocycles. The molecule has 26 heavy (non-hydrogen) atoms. The van der Waals surface area contributed by atoms with Crippen LogP contribution >= 0.6 is 23.5 Å². The lowest BCUT2D eigenvalue weighted by molar-refractivity contribution is 0.0518. The molecule has 4 rings (SSSR count). The molecule has 1 aliphatic rings. The molecule has 0 aliphatic carbocycles. The monoisotopic (exact) mass is 382 g/mol. The van der Waals surface area contributed by atoms with Crippen LogP contribution in [-0.2, 0) is 10.5 Å². The van der Waals surface area contributed by atoms with Gasteiger partial charge in [0.05, 0.1) is 18.0 Å². The van der Waals surface area contributed by atoms with Crippen LogP contribution in [0.15, 0.2) is 58.3 Å². The smallest absolute Gasteiger partial charge is 0.359 e. The van der Waals surface area contributed by atoms with Gasteiger partial charge in [0, 0.05) is 26.7 Å². The van der Waals surface area contributed by atoms with Crippen molar-refractivity contribution in [2.24, 2.45) is 0 Å². The molecule has 0 amide bonds. The Bertz CT molecular complexity index is 982. The number of benzene rings is 2. The van der Waals surface area contributed by atoms with Gasteiger partial charge >= 0.3 is 5.97 Å². The van der Waals surface area contributed by atoms with Crippen molar-refractivity contribution in [2.45, 2.75) is 22.5 Å². The fourth-order valence-electron chi connectivity index (χ4n) is 3.09. The molecule has 3 aromatic rings. The number of esters is 1. The molecule has 0 spiro atoms. The first kappa shape index (κ1) is 17.2. The van der Waals surface area contributed by atoms with Gasteiger partial charge in [-0.15, -0.1) is 23.5 Å². The molecule has 6 heteroatoms. The maximum Gasteiger partial charge on any atom is 0.359 e. The van der Waals surface area contributed by atoms with Crippen molar-refractivity contribution in [1.82, 2.24) is 9.78 Å². The van der Waals surface area contributed by atoms with Crippen molar-refractivity contribution >= 4 is 29.5 Å². The minimum Gasteiger partial charge on any atom is -0.461 e. The lowest BCUT2D eigenvalue weighted by atomic mass is 10.1. The minimum absolute atomic E-state index is 0.339. The summed E-state index contributed by atoms with van der Waals surface area (Å²) in [5.74, 6) is 0.353. The predicted molar refractivity (Wildman–Crippen MR) is 106 cm³/mol. The summed E-state index contributed by atoms with van der Waals surface area (Å²) in [6, 6.07) is 16.5. The van der Waals surface area contributed by atoms with E-state index in [1.165, 1.54) is 4.90 Å². The molecule has 0 fully saturated rings. The molecule has 132 valence electrons. The number of nitrogens with zero attached hydrogens (tertiary/aromatic N) is 2. The van der Waals surface area contributed by atoms with Crippen molar-refractivity contribution in [2.75, 3.05) is 12.9 Å². The van der Waals surface area contributed by atoms with Gasteiger partial charge in [0.2, 0.25) is 0 Å². The molecular weight excluding hydrogens is 364 g/mol. The third kappa shape index (κ3) is 2.93. The van der Waals surface area contributed by atoms with E-state index in [0.717, 1.165) is 27.4 Å². The van der Waals surface area contributed by atoms with Gasteiger partial charge in [0.1, 0.15) is 0 Å². The molecule has 0 N–H and O–H groups in total. The van der Waals surface area contributed by atoms with E-state index in [1.54, 1.807) is 23.5 Å². The van der Waals surface area contributed by atoms with Gasteiger partial charge in [-0.25, -0.2) is 9.48 Å². The quantitative estimate of drug-likeness (QED) is 0.467. The number of fused-ring (bicyclic) bond motifs is 3. The largest absolute Gasteiger partial charge is 0.461 e. The fourth-order valence-corrected chi connectivity index (χ4v) is 4.62. The number of thioether (sulfide) groups is 2. The molecule has 1 aromatic heterocycles. The number of rotatable bonds is 4. The highest BCUT2D eigenvalue weighted by atomic mass is 32.2. The number of ether oxygens (including phenoxy) is 1. The molecule has 0 atom stereocenters. The topological polar surface area (TPSA) is 44.1 Å². The van der Waals surface area contributed by atoms with Gasteiger partial charge in [-0.2, -0.15) is 5.10 Å². The van der Waals surface area contributed by atoms with Crippen LogP contribution in [0.3, 0.4) is 0 Å². The molecule has 0 radical (unpaired) electrons. The number of hydrogen-bond acceptors (Lipinski definition) is 5. The van der Waals surface area contributed by atoms with Gasteiger partial charge in [0.25, 0.3) is 0 Å². The van der Waals surface area contributed by atoms with Crippen LogP contribution in [0, 0.1) is 0 Å². The first-order valence-electron chi connectivity index (χ1n) is 8.38. The molecule has 1 aliphatic heterocycles. The van der Waals surface area contributed by atoms with Crippen molar-refractivity contribution in [3.05, 3.63) is 59.8 Å². The summed E-state index contributed by atoms with van der Waals surface area (Å²) < 4.78 is 7.14. The second-order valence-corrected chi connectivity index (χ2v) is 7.69. The van der Waals surface area contributed by atoms with E-state index in [1.807, 2.05) is 42.1 Å². The second-order valence-electron chi connectivity index (χ2n) is 5.79.